The SMILES string of the molecule is O=C1C2C(NCN1CCCOCC1CCCO1)SC1CCCC12. The van der Waals surface area contributed by atoms with E-state index in [0.717, 1.165) is 44.3 Å². The average molecular weight is 340 g/mol. The van der Waals surface area contributed by atoms with Crippen molar-refractivity contribution >= 4 is 17.7 Å². The Morgan fingerprint density at radius 2 is 2.26 bits per heavy atom. The van der Waals surface area contributed by atoms with Gasteiger partial charge in [-0.2, -0.15) is 0 Å². The van der Waals surface area contributed by atoms with Crippen LogP contribution in [0.3, 0.4) is 0 Å². The van der Waals surface area contributed by atoms with Crippen LogP contribution in [0.25, 0.3) is 0 Å². The van der Waals surface area contributed by atoms with Gasteiger partial charge in [0.25, 0.3) is 0 Å². The first-order chi connectivity index (χ1) is 11.3. The van der Waals surface area contributed by atoms with Crippen LogP contribution in [0.1, 0.15) is 38.5 Å². The smallest absolute Gasteiger partial charge is 0.229 e. The number of fused-ring (bicyclic) bond motifs is 3. The molecule has 5 atom stereocenters. The standard InChI is InChI=1S/C17H28N2O3S/c20-17-15-13-5-1-6-14(13)23-16(15)18-11-19(17)7-3-8-21-10-12-4-2-9-22-12/h12-16,18H,1-11H2. The lowest BCUT2D eigenvalue weighted by atomic mass is 9.88. The Kier molecular flexibility index (Phi) is 5.13. The highest BCUT2D eigenvalue weighted by Crippen LogP contribution is 2.51. The molecule has 4 aliphatic rings. The molecular weight excluding hydrogens is 312 g/mol. The number of hydrogen-bond donors (Lipinski definition) is 1. The van der Waals surface area contributed by atoms with Crippen LogP contribution in [0.4, 0.5) is 0 Å². The van der Waals surface area contributed by atoms with E-state index in [9.17, 15) is 4.79 Å². The summed E-state index contributed by atoms with van der Waals surface area (Å²) in [6.45, 7) is 3.82. The molecule has 4 fully saturated rings. The molecule has 3 aliphatic heterocycles. The quantitative estimate of drug-likeness (QED) is 0.748. The number of nitrogens with zero attached hydrogens (tertiary/aromatic N) is 1. The molecule has 1 amide bonds. The van der Waals surface area contributed by atoms with Gasteiger partial charge in [0.2, 0.25) is 5.91 Å². The van der Waals surface area contributed by atoms with E-state index in [1.54, 1.807) is 0 Å². The van der Waals surface area contributed by atoms with Crippen molar-refractivity contribution in [1.29, 1.82) is 0 Å². The Labute approximate surface area is 142 Å². The van der Waals surface area contributed by atoms with Crippen LogP contribution in [0.2, 0.25) is 0 Å². The summed E-state index contributed by atoms with van der Waals surface area (Å²) in [6, 6.07) is 0. The van der Waals surface area contributed by atoms with E-state index < -0.39 is 0 Å². The predicted octanol–water partition coefficient (Wildman–Crippen LogP) is 1.82. The molecule has 1 N–H and O–H groups in total. The van der Waals surface area contributed by atoms with Crippen molar-refractivity contribution in [3.8, 4) is 0 Å². The zero-order chi connectivity index (χ0) is 15.6. The lowest BCUT2D eigenvalue weighted by Crippen LogP contribution is -2.55. The van der Waals surface area contributed by atoms with E-state index in [0.29, 0.717) is 36.6 Å². The molecule has 5 nitrogen and oxygen atoms in total. The molecule has 1 saturated carbocycles. The largest absolute Gasteiger partial charge is 0.379 e. The second-order valence-electron chi connectivity index (χ2n) is 7.24. The third kappa shape index (κ3) is 3.41. The Bertz CT molecular complexity index is 430. The van der Waals surface area contributed by atoms with Crippen molar-refractivity contribution in [2.24, 2.45) is 11.8 Å². The Balaban J connectivity index is 1.20. The van der Waals surface area contributed by atoms with Crippen molar-refractivity contribution in [3.63, 3.8) is 0 Å². The molecule has 5 unspecified atom stereocenters. The van der Waals surface area contributed by atoms with Crippen molar-refractivity contribution in [1.82, 2.24) is 10.2 Å². The number of hydrogen-bond acceptors (Lipinski definition) is 5. The Morgan fingerprint density at radius 1 is 1.30 bits per heavy atom. The number of rotatable bonds is 6. The van der Waals surface area contributed by atoms with Crippen molar-refractivity contribution in [2.75, 3.05) is 33.0 Å². The molecule has 3 heterocycles. The number of ether oxygens (including phenoxy) is 2. The monoisotopic (exact) mass is 340 g/mol. The molecule has 0 radical (unpaired) electrons. The normalized spacial score (nSPS) is 39.7. The highest BCUT2D eigenvalue weighted by molar-refractivity contribution is 8.00. The van der Waals surface area contributed by atoms with Crippen LogP contribution in [-0.4, -0.2) is 60.6 Å². The zero-order valence-corrected chi connectivity index (χ0v) is 14.6. The van der Waals surface area contributed by atoms with Gasteiger partial charge in [-0.3, -0.25) is 10.1 Å². The maximum atomic E-state index is 12.8. The van der Waals surface area contributed by atoms with Crippen molar-refractivity contribution in [2.45, 2.75) is 55.3 Å². The number of thioether (sulfide) groups is 1. The molecule has 0 aromatic heterocycles. The van der Waals surface area contributed by atoms with Crippen molar-refractivity contribution in [3.05, 3.63) is 0 Å². The van der Waals surface area contributed by atoms with Crippen LogP contribution in [0.15, 0.2) is 0 Å². The minimum absolute atomic E-state index is 0.217. The van der Waals surface area contributed by atoms with Gasteiger partial charge in [0.15, 0.2) is 0 Å². The predicted molar refractivity (Wildman–Crippen MR) is 90.1 cm³/mol. The minimum atomic E-state index is 0.217. The van der Waals surface area contributed by atoms with Crippen LogP contribution in [0.5, 0.6) is 0 Å². The van der Waals surface area contributed by atoms with Crippen LogP contribution >= 0.6 is 11.8 Å². The van der Waals surface area contributed by atoms with Gasteiger partial charge in [0, 0.05) is 25.0 Å². The van der Waals surface area contributed by atoms with Crippen molar-refractivity contribution < 1.29 is 14.3 Å². The summed E-state index contributed by atoms with van der Waals surface area (Å²) in [7, 11) is 0. The zero-order valence-electron chi connectivity index (χ0n) is 13.7. The van der Waals surface area contributed by atoms with Gasteiger partial charge in [-0.25, -0.2) is 0 Å². The molecule has 0 aromatic rings. The third-order valence-electron chi connectivity index (χ3n) is 5.74. The fourth-order valence-electron chi connectivity index (χ4n) is 4.55. The molecule has 3 saturated heterocycles. The Hall–Kier alpha value is -0.300. The molecule has 0 spiro atoms. The van der Waals surface area contributed by atoms with E-state index in [-0.39, 0.29) is 5.92 Å². The molecular formula is C17H28N2O3S. The summed E-state index contributed by atoms with van der Waals surface area (Å²) in [5.74, 6) is 1.22. The fraction of sp³-hybridized carbons (Fsp3) is 0.941. The number of carbonyl (C=O) groups excluding carboxylic acids is 1. The van der Waals surface area contributed by atoms with Crippen LogP contribution in [0, 0.1) is 11.8 Å². The number of nitrogens with one attached hydrogen (secondary N) is 1. The fourth-order valence-corrected chi connectivity index (χ4v) is 6.39. The van der Waals surface area contributed by atoms with Crippen LogP contribution < -0.4 is 5.32 Å². The van der Waals surface area contributed by atoms with E-state index in [1.807, 2.05) is 16.7 Å². The summed E-state index contributed by atoms with van der Waals surface area (Å²) in [6.07, 6.45) is 7.33. The molecule has 0 aromatic carbocycles. The van der Waals surface area contributed by atoms with E-state index >= 15 is 0 Å². The van der Waals surface area contributed by atoms with E-state index in [1.165, 1.54) is 19.3 Å². The summed E-state index contributed by atoms with van der Waals surface area (Å²) >= 11 is 2.02. The lowest BCUT2D eigenvalue weighted by molar-refractivity contribution is -0.140. The Morgan fingerprint density at radius 3 is 3.13 bits per heavy atom. The first kappa shape index (κ1) is 16.2. The summed E-state index contributed by atoms with van der Waals surface area (Å²) in [5, 5.41) is 4.67. The molecule has 6 heteroatoms. The van der Waals surface area contributed by atoms with Crippen LogP contribution in [-0.2, 0) is 14.3 Å². The molecule has 1 aliphatic carbocycles. The molecule has 4 rings (SSSR count). The highest BCUT2D eigenvalue weighted by Gasteiger charge is 2.52. The highest BCUT2D eigenvalue weighted by atomic mass is 32.2. The topological polar surface area (TPSA) is 50.8 Å². The van der Waals surface area contributed by atoms with E-state index in [4.69, 9.17) is 9.47 Å². The first-order valence-corrected chi connectivity index (χ1v) is 10.1. The number of amides is 1. The van der Waals surface area contributed by atoms with E-state index in [2.05, 4.69) is 5.32 Å². The average Bonchev–Trinajstić information content (AvgIpc) is 3.25. The van der Waals surface area contributed by atoms with Gasteiger partial charge in [0.1, 0.15) is 0 Å². The first-order valence-electron chi connectivity index (χ1n) is 9.20. The second kappa shape index (κ2) is 7.30. The van der Waals surface area contributed by atoms with Gasteiger partial charge in [0.05, 0.1) is 30.7 Å². The summed E-state index contributed by atoms with van der Waals surface area (Å²) < 4.78 is 11.3. The number of carbonyl (C=O) groups is 1. The maximum absolute atomic E-state index is 12.8. The summed E-state index contributed by atoms with van der Waals surface area (Å²) in [4.78, 5) is 14.8. The minimum Gasteiger partial charge on any atom is -0.379 e. The van der Waals surface area contributed by atoms with Gasteiger partial charge in [-0.05, 0) is 38.0 Å². The molecule has 0 bridgehead atoms. The van der Waals surface area contributed by atoms with Gasteiger partial charge < -0.3 is 14.4 Å². The van der Waals surface area contributed by atoms with Gasteiger partial charge in [-0.1, -0.05) is 6.42 Å². The molecule has 130 valence electrons. The maximum Gasteiger partial charge on any atom is 0.229 e. The summed E-state index contributed by atoms with van der Waals surface area (Å²) in [5.41, 5.74) is 0. The molecule has 23 heavy (non-hydrogen) atoms. The lowest BCUT2D eigenvalue weighted by Gasteiger charge is -2.36. The van der Waals surface area contributed by atoms with Gasteiger partial charge in [-0.15, -0.1) is 11.8 Å². The van der Waals surface area contributed by atoms with Gasteiger partial charge >= 0.3 is 0 Å². The third-order valence-corrected chi connectivity index (χ3v) is 7.43. The second-order valence-corrected chi connectivity index (χ2v) is 8.63.